The number of pyridine rings is 1. The summed E-state index contributed by atoms with van der Waals surface area (Å²) in [6, 6.07) is 9.72. The van der Waals surface area contributed by atoms with E-state index in [1.807, 2.05) is 30.3 Å². The molecule has 5 nitrogen and oxygen atoms in total. The number of hydrogen-bond acceptors (Lipinski definition) is 4. The summed E-state index contributed by atoms with van der Waals surface area (Å²) < 4.78 is 0. The van der Waals surface area contributed by atoms with Crippen molar-refractivity contribution in [3.8, 4) is 0 Å². The molecule has 1 fully saturated rings. The lowest BCUT2D eigenvalue weighted by molar-refractivity contribution is -0.123. The summed E-state index contributed by atoms with van der Waals surface area (Å²) in [7, 11) is 0. The van der Waals surface area contributed by atoms with E-state index in [1.165, 1.54) is 0 Å². The number of para-hydroxylation sites is 1. The third kappa shape index (κ3) is 3.10. The Labute approximate surface area is 129 Å². The van der Waals surface area contributed by atoms with Gasteiger partial charge in [0.05, 0.1) is 24.3 Å². The largest absolute Gasteiger partial charge is 0.396 e. The first kappa shape index (κ1) is 14.9. The van der Waals surface area contributed by atoms with E-state index in [9.17, 15) is 9.90 Å². The monoisotopic (exact) mass is 300 g/mol. The molecule has 1 atom stereocenters. The maximum absolute atomic E-state index is 11.9. The van der Waals surface area contributed by atoms with Gasteiger partial charge in [-0.15, -0.1) is 0 Å². The minimum absolute atomic E-state index is 0.0901. The number of aliphatic hydroxyl groups excluding tert-OH is 2. The van der Waals surface area contributed by atoms with Crippen LogP contribution in [0.2, 0.25) is 0 Å². The first-order chi connectivity index (χ1) is 10.7. The molecular weight excluding hydrogens is 280 g/mol. The van der Waals surface area contributed by atoms with Gasteiger partial charge in [0.2, 0.25) is 5.91 Å². The van der Waals surface area contributed by atoms with Crippen LogP contribution in [-0.2, 0) is 4.79 Å². The molecule has 1 aromatic carbocycles. The number of nitrogens with zero attached hydrogens (tertiary/aromatic N) is 1. The van der Waals surface area contributed by atoms with Gasteiger partial charge in [-0.1, -0.05) is 18.2 Å². The van der Waals surface area contributed by atoms with Crippen LogP contribution in [0.4, 0.5) is 0 Å². The van der Waals surface area contributed by atoms with Crippen LogP contribution in [0.3, 0.4) is 0 Å². The van der Waals surface area contributed by atoms with Crippen LogP contribution in [0.5, 0.6) is 0 Å². The van der Waals surface area contributed by atoms with E-state index < -0.39 is 0 Å². The summed E-state index contributed by atoms with van der Waals surface area (Å²) in [5.74, 6) is 0.0302. The lowest BCUT2D eigenvalue weighted by Crippen LogP contribution is -2.41. The maximum atomic E-state index is 11.9. The summed E-state index contributed by atoms with van der Waals surface area (Å²) in [5.41, 5.74) is 1.86. The number of aromatic nitrogens is 1. The minimum atomic E-state index is -0.282. The molecule has 3 N–H and O–H groups in total. The van der Waals surface area contributed by atoms with Gasteiger partial charge >= 0.3 is 0 Å². The first-order valence-corrected chi connectivity index (χ1v) is 7.60. The number of carbonyl (C=O) groups is 1. The topological polar surface area (TPSA) is 82.5 Å². The SMILES string of the molecule is O=C(CCO)NC(c1cnc2ccccc2c1)C1CC(O)C1. The van der Waals surface area contributed by atoms with Crippen molar-refractivity contribution in [2.24, 2.45) is 5.92 Å². The zero-order valence-electron chi connectivity index (χ0n) is 12.3. The Morgan fingerprint density at radius 2 is 2.14 bits per heavy atom. The Kier molecular flexibility index (Phi) is 4.36. The fraction of sp³-hybridized carbons (Fsp3) is 0.412. The number of rotatable bonds is 5. The molecule has 2 aromatic rings. The van der Waals surface area contributed by atoms with E-state index in [4.69, 9.17) is 5.11 Å². The van der Waals surface area contributed by atoms with E-state index in [0.29, 0.717) is 12.8 Å². The molecule has 1 aliphatic rings. The van der Waals surface area contributed by atoms with Crippen LogP contribution in [-0.4, -0.2) is 33.8 Å². The zero-order valence-corrected chi connectivity index (χ0v) is 12.3. The Morgan fingerprint density at radius 1 is 1.36 bits per heavy atom. The quantitative estimate of drug-likeness (QED) is 0.782. The third-order valence-corrected chi connectivity index (χ3v) is 4.25. The van der Waals surface area contributed by atoms with Crippen molar-refractivity contribution in [2.45, 2.75) is 31.4 Å². The van der Waals surface area contributed by atoms with Crippen molar-refractivity contribution >= 4 is 16.8 Å². The van der Waals surface area contributed by atoms with Crippen LogP contribution >= 0.6 is 0 Å². The van der Waals surface area contributed by atoms with Gasteiger partial charge in [0, 0.05) is 18.0 Å². The van der Waals surface area contributed by atoms with Crippen LogP contribution < -0.4 is 5.32 Å². The number of carbonyl (C=O) groups excluding carboxylic acids is 1. The summed E-state index contributed by atoms with van der Waals surface area (Å²) in [6.07, 6.45) is 2.95. The first-order valence-electron chi connectivity index (χ1n) is 7.60. The highest BCUT2D eigenvalue weighted by Gasteiger charge is 2.35. The van der Waals surface area contributed by atoms with E-state index in [-0.39, 0.29) is 37.0 Å². The second kappa shape index (κ2) is 6.42. The highest BCUT2D eigenvalue weighted by Crippen LogP contribution is 2.38. The molecule has 0 bridgehead atoms. The van der Waals surface area contributed by atoms with Gasteiger partial charge in [0.15, 0.2) is 0 Å². The maximum Gasteiger partial charge on any atom is 0.222 e. The van der Waals surface area contributed by atoms with E-state index in [1.54, 1.807) is 6.20 Å². The molecule has 1 heterocycles. The molecule has 1 aliphatic carbocycles. The van der Waals surface area contributed by atoms with Gasteiger partial charge < -0.3 is 15.5 Å². The fourth-order valence-electron chi connectivity index (χ4n) is 2.98. The lowest BCUT2D eigenvalue weighted by Gasteiger charge is -2.38. The lowest BCUT2D eigenvalue weighted by atomic mass is 9.75. The molecule has 0 spiro atoms. The number of benzene rings is 1. The van der Waals surface area contributed by atoms with Crippen LogP contribution in [0.15, 0.2) is 36.5 Å². The molecule has 5 heteroatoms. The number of fused-ring (bicyclic) bond motifs is 1. The number of aliphatic hydroxyl groups is 2. The van der Waals surface area contributed by atoms with Crippen LogP contribution in [0, 0.1) is 5.92 Å². The van der Waals surface area contributed by atoms with Gasteiger partial charge in [0.25, 0.3) is 0 Å². The molecule has 0 aliphatic heterocycles. The molecule has 22 heavy (non-hydrogen) atoms. The highest BCUT2D eigenvalue weighted by atomic mass is 16.3. The summed E-state index contributed by atoms with van der Waals surface area (Å²) in [4.78, 5) is 16.3. The van der Waals surface area contributed by atoms with Crippen molar-refractivity contribution in [3.05, 3.63) is 42.1 Å². The second-order valence-corrected chi connectivity index (χ2v) is 5.87. The highest BCUT2D eigenvalue weighted by molar-refractivity contribution is 5.80. The molecule has 1 saturated carbocycles. The molecular formula is C17H20N2O3. The number of hydrogen-bond donors (Lipinski definition) is 3. The third-order valence-electron chi connectivity index (χ3n) is 4.25. The minimum Gasteiger partial charge on any atom is -0.396 e. The van der Waals surface area contributed by atoms with E-state index in [0.717, 1.165) is 16.5 Å². The van der Waals surface area contributed by atoms with Crippen molar-refractivity contribution < 1.29 is 15.0 Å². The van der Waals surface area contributed by atoms with Gasteiger partial charge in [0.1, 0.15) is 0 Å². The second-order valence-electron chi connectivity index (χ2n) is 5.87. The van der Waals surface area contributed by atoms with Crippen molar-refractivity contribution in [2.75, 3.05) is 6.61 Å². The normalized spacial score (nSPS) is 22.1. The number of amides is 1. The average Bonchev–Trinajstić information content (AvgIpc) is 2.50. The van der Waals surface area contributed by atoms with Crippen LogP contribution in [0.25, 0.3) is 10.9 Å². The molecule has 0 saturated heterocycles. The predicted octanol–water partition coefficient (Wildman–Crippen LogP) is 1.55. The summed E-state index contributed by atoms with van der Waals surface area (Å²) in [6.45, 7) is -0.165. The Morgan fingerprint density at radius 3 is 2.86 bits per heavy atom. The molecule has 1 unspecified atom stereocenters. The predicted molar refractivity (Wildman–Crippen MR) is 83.1 cm³/mol. The Balaban J connectivity index is 1.87. The van der Waals surface area contributed by atoms with Gasteiger partial charge in [-0.3, -0.25) is 9.78 Å². The van der Waals surface area contributed by atoms with Crippen molar-refractivity contribution in [3.63, 3.8) is 0 Å². The summed E-state index contributed by atoms with van der Waals surface area (Å²) >= 11 is 0. The van der Waals surface area contributed by atoms with Gasteiger partial charge in [-0.2, -0.15) is 0 Å². The molecule has 3 rings (SSSR count). The zero-order chi connectivity index (χ0) is 15.5. The standard InChI is InChI=1S/C17H20N2O3/c20-6-5-16(22)19-17(12-8-14(21)9-12)13-7-11-3-1-2-4-15(11)18-10-13/h1-4,7,10,12,14,17,20-21H,5-6,8-9H2,(H,19,22). The van der Waals surface area contributed by atoms with Gasteiger partial charge in [-0.25, -0.2) is 0 Å². The van der Waals surface area contributed by atoms with E-state index in [2.05, 4.69) is 10.3 Å². The number of nitrogens with one attached hydrogen (secondary N) is 1. The molecule has 1 amide bonds. The molecule has 116 valence electrons. The Hall–Kier alpha value is -1.98. The smallest absolute Gasteiger partial charge is 0.222 e. The van der Waals surface area contributed by atoms with E-state index >= 15 is 0 Å². The van der Waals surface area contributed by atoms with Crippen molar-refractivity contribution in [1.29, 1.82) is 0 Å². The van der Waals surface area contributed by atoms with Crippen LogP contribution in [0.1, 0.15) is 30.9 Å². The average molecular weight is 300 g/mol. The molecule has 0 radical (unpaired) electrons. The molecule has 1 aromatic heterocycles. The van der Waals surface area contributed by atoms with Gasteiger partial charge in [-0.05, 0) is 36.5 Å². The Bertz CT molecular complexity index is 668. The summed E-state index contributed by atoms with van der Waals surface area (Å²) in [5, 5.41) is 22.5. The van der Waals surface area contributed by atoms with Crippen molar-refractivity contribution in [1.82, 2.24) is 10.3 Å². The fourth-order valence-corrected chi connectivity index (χ4v) is 2.98.